The summed E-state index contributed by atoms with van der Waals surface area (Å²) in [5.74, 6) is -0.338. The maximum Gasteiger partial charge on any atom is 0.329 e. The van der Waals surface area contributed by atoms with Crippen LogP contribution in [0, 0.1) is 23.2 Å². The number of carbonyl (C=O) groups is 2. The predicted octanol–water partition coefficient (Wildman–Crippen LogP) is 3.40. The molecule has 0 fully saturated rings. The lowest BCUT2D eigenvalue weighted by Gasteiger charge is -2.30. The molecular weight excluding hydrogens is 266 g/mol. The molecule has 1 N–H and O–H groups in total. The lowest BCUT2D eigenvalue weighted by atomic mass is 9.90. The van der Waals surface area contributed by atoms with E-state index in [9.17, 15) is 9.59 Å². The Morgan fingerprint density at radius 3 is 1.71 bits per heavy atom. The summed E-state index contributed by atoms with van der Waals surface area (Å²) in [7, 11) is 0. The third kappa shape index (κ3) is 6.49. The van der Waals surface area contributed by atoms with Gasteiger partial charge in [0.05, 0.1) is 0 Å². The number of rotatable bonds is 6. The Morgan fingerprint density at radius 1 is 0.905 bits per heavy atom. The minimum atomic E-state index is -0.594. The van der Waals surface area contributed by atoms with Gasteiger partial charge in [-0.15, -0.1) is 0 Å². The SMILES string of the molecule is CC(C)C(NC(=O)[C@@H](C)C(C)C)C(=O)O[C@@H](C)C(C)(C)C. The number of esters is 1. The topological polar surface area (TPSA) is 55.4 Å². The quantitative estimate of drug-likeness (QED) is 0.765. The first kappa shape index (κ1) is 19.9. The molecule has 0 aromatic heterocycles. The van der Waals surface area contributed by atoms with Crippen molar-refractivity contribution in [2.45, 2.75) is 74.5 Å². The third-order valence-corrected chi connectivity index (χ3v) is 4.14. The van der Waals surface area contributed by atoms with Gasteiger partial charge >= 0.3 is 5.97 Å². The van der Waals surface area contributed by atoms with Crippen LogP contribution in [0.2, 0.25) is 0 Å². The summed E-state index contributed by atoms with van der Waals surface area (Å²) in [5, 5.41) is 2.84. The first-order chi connectivity index (χ1) is 9.37. The fourth-order valence-electron chi connectivity index (χ4n) is 1.51. The first-order valence-corrected chi connectivity index (χ1v) is 7.88. The molecule has 0 saturated heterocycles. The van der Waals surface area contributed by atoms with E-state index in [0.717, 1.165) is 0 Å². The Kier molecular flexibility index (Phi) is 7.41. The van der Waals surface area contributed by atoms with Crippen molar-refractivity contribution in [1.29, 1.82) is 0 Å². The van der Waals surface area contributed by atoms with Gasteiger partial charge < -0.3 is 10.1 Å². The van der Waals surface area contributed by atoms with Gasteiger partial charge in [0.2, 0.25) is 5.91 Å². The Morgan fingerprint density at radius 2 is 1.38 bits per heavy atom. The molecule has 0 radical (unpaired) electrons. The van der Waals surface area contributed by atoms with Crippen LogP contribution in [0.3, 0.4) is 0 Å². The van der Waals surface area contributed by atoms with Gasteiger partial charge in [0.15, 0.2) is 0 Å². The van der Waals surface area contributed by atoms with Gasteiger partial charge in [-0.25, -0.2) is 4.79 Å². The van der Waals surface area contributed by atoms with Crippen molar-refractivity contribution in [2.75, 3.05) is 0 Å². The van der Waals surface area contributed by atoms with Crippen LogP contribution in [0.25, 0.3) is 0 Å². The van der Waals surface area contributed by atoms with Crippen LogP contribution in [0.4, 0.5) is 0 Å². The molecule has 1 amide bonds. The van der Waals surface area contributed by atoms with E-state index in [1.54, 1.807) is 0 Å². The second-order valence-electron chi connectivity index (χ2n) is 7.71. The van der Waals surface area contributed by atoms with Gasteiger partial charge in [-0.05, 0) is 24.2 Å². The summed E-state index contributed by atoms with van der Waals surface area (Å²) in [6, 6.07) is -0.594. The van der Waals surface area contributed by atoms with E-state index in [0.29, 0.717) is 0 Å². The van der Waals surface area contributed by atoms with Crippen molar-refractivity contribution < 1.29 is 14.3 Å². The molecule has 4 nitrogen and oxygen atoms in total. The van der Waals surface area contributed by atoms with Crippen LogP contribution in [0.1, 0.15) is 62.3 Å². The Bertz CT molecular complexity index is 356. The number of ether oxygens (including phenoxy) is 1. The van der Waals surface area contributed by atoms with Crippen LogP contribution in [-0.4, -0.2) is 24.0 Å². The molecule has 1 unspecified atom stereocenters. The van der Waals surface area contributed by atoms with Gasteiger partial charge in [-0.1, -0.05) is 55.4 Å². The van der Waals surface area contributed by atoms with Crippen molar-refractivity contribution >= 4 is 11.9 Å². The number of hydrogen-bond donors (Lipinski definition) is 1. The van der Waals surface area contributed by atoms with Crippen LogP contribution >= 0.6 is 0 Å². The molecule has 0 aromatic rings. The van der Waals surface area contributed by atoms with Gasteiger partial charge in [0.25, 0.3) is 0 Å². The number of nitrogens with one attached hydrogen (secondary N) is 1. The Hall–Kier alpha value is -1.06. The highest BCUT2D eigenvalue weighted by molar-refractivity contribution is 5.86. The molecular formula is C17H33NO3. The van der Waals surface area contributed by atoms with Gasteiger partial charge in [-0.2, -0.15) is 0 Å². The van der Waals surface area contributed by atoms with E-state index in [2.05, 4.69) is 5.32 Å². The minimum Gasteiger partial charge on any atom is -0.461 e. The normalized spacial score (nSPS) is 16.5. The Balaban J connectivity index is 4.84. The van der Waals surface area contributed by atoms with E-state index in [1.807, 2.05) is 62.3 Å². The van der Waals surface area contributed by atoms with E-state index >= 15 is 0 Å². The average molecular weight is 299 g/mol. The lowest BCUT2D eigenvalue weighted by molar-refractivity contribution is -0.158. The van der Waals surface area contributed by atoms with Crippen molar-refractivity contribution in [2.24, 2.45) is 23.2 Å². The monoisotopic (exact) mass is 299 g/mol. The average Bonchev–Trinajstić information content (AvgIpc) is 2.32. The fraction of sp³-hybridized carbons (Fsp3) is 0.882. The van der Waals surface area contributed by atoms with E-state index in [-0.39, 0.29) is 41.1 Å². The maximum absolute atomic E-state index is 12.3. The maximum atomic E-state index is 12.3. The van der Waals surface area contributed by atoms with E-state index in [1.165, 1.54) is 0 Å². The van der Waals surface area contributed by atoms with E-state index in [4.69, 9.17) is 4.74 Å². The molecule has 0 rings (SSSR count). The molecule has 124 valence electrons. The molecule has 0 heterocycles. The summed E-state index contributed by atoms with van der Waals surface area (Å²) in [4.78, 5) is 24.5. The molecule has 21 heavy (non-hydrogen) atoms. The molecule has 0 aliphatic heterocycles. The van der Waals surface area contributed by atoms with Crippen LogP contribution in [0.5, 0.6) is 0 Å². The summed E-state index contributed by atoms with van der Waals surface area (Å²) >= 11 is 0. The Labute approximate surface area is 130 Å². The van der Waals surface area contributed by atoms with Crippen molar-refractivity contribution in [1.82, 2.24) is 5.32 Å². The molecule has 3 atom stereocenters. The number of carbonyl (C=O) groups excluding carboxylic acids is 2. The molecule has 0 aliphatic carbocycles. The zero-order valence-electron chi connectivity index (χ0n) is 15.1. The van der Waals surface area contributed by atoms with Crippen LogP contribution in [0.15, 0.2) is 0 Å². The highest BCUT2D eigenvalue weighted by atomic mass is 16.5. The second-order valence-corrected chi connectivity index (χ2v) is 7.71. The molecule has 0 bridgehead atoms. The highest BCUT2D eigenvalue weighted by Crippen LogP contribution is 2.22. The van der Waals surface area contributed by atoms with E-state index < -0.39 is 6.04 Å². The molecule has 0 spiro atoms. The van der Waals surface area contributed by atoms with Crippen LogP contribution in [-0.2, 0) is 14.3 Å². The van der Waals surface area contributed by atoms with Gasteiger partial charge in [0.1, 0.15) is 12.1 Å². The zero-order chi connectivity index (χ0) is 17.0. The van der Waals surface area contributed by atoms with Crippen molar-refractivity contribution in [3.05, 3.63) is 0 Å². The first-order valence-electron chi connectivity index (χ1n) is 7.88. The lowest BCUT2D eigenvalue weighted by Crippen LogP contribution is -2.49. The second kappa shape index (κ2) is 7.81. The smallest absolute Gasteiger partial charge is 0.329 e. The number of amides is 1. The third-order valence-electron chi connectivity index (χ3n) is 4.14. The largest absolute Gasteiger partial charge is 0.461 e. The molecule has 4 heteroatoms. The van der Waals surface area contributed by atoms with Crippen molar-refractivity contribution in [3.8, 4) is 0 Å². The highest BCUT2D eigenvalue weighted by Gasteiger charge is 2.31. The summed E-state index contributed by atoms with van der Waals surface area (Å²) in [5.41, 5.74) is -0.119. The van der Waals surface area contributed by atoms with Crippen molar-refractivity contribution in [3.63, 3.8) is 0 Å². The van der Waals surface area contributed by atoms with Crippen LogP contribution < -0.4 is 5.32 Å². The summed E-state index contributed by atoms with van der Waals surface area (Å²) in [6.07, 6.45) is -0.203. The van der Waals surface area contributed by atoms with Gasteiger partial charge in [0, 0.05) is 5.92 Å². The number of hydrogen-bond acceptors (Lipinski definition) is 3. The zero-order valence-corrected chi connectivity index (χ0v) is 15.1. The molecule has 0 aromatic carbocycles. The minimum absolute atomic E-state index is 0.00650. The fourth-order valence-corrected chi connectivity index (χ4v) is 1.51. The summed E-state index contributed by atoms with van der Waals surface area (Å²) in [6.45, 7) is 17.6. The molecule has 0 saturated carbocycles. The summed E-state index contributed by atoms with van der Waals surface area (Å²) < 4.78 is 5.53. The molecule has 0 aliphatic rings. The van der Waals surface area contributed by atoms with Gasteiger partial charge in [-0.3, -0.25) is 4.79 Å². The standard InChI is InChI=1S/C17H33NO3/c1-10(2)12(5)15(19)18-14(11(3)4)16(20)21-13(6)17(7,8)9/h10-14H,1-9H3,(H,18,19)/t12-,13-,14?/m0/s1. The predicted molar refractivity (Wildman–Crippen MR) is 85.8 cm³/mol.